The van der Waals surface area contributed by atoms with Crippen LogP contribution >= 0.6 is 0 Å². The molecule has 0 saturated heterocycles. The molecule has 0 unspecified atom stereocenters. The monoisotopic (exact) mass is 706 g/mol. The van der Waals surface area contributed by atoms with E-state index in [0.717, 1.165) is 116 Å². The first-order chi connectivity index (χ1) is 25.0. The van der Waals surface area contributed by atoms with E-state index in [1.165, 1.54) is 0 Å². The minimum absolute atomic E-state index is 0.181. The second-order valence-electron chi connectivity index (χ2n) is 15.0. The Morgan fingerprint density at radius 3 is 1.81 bits per heavy atom. The van der Waals surface area contributed by atoms with Gasteiger partial charge in [-0.15, -0.1) is 0 Å². The highest BCUT2D eigenvalue weighted by Crippen LogP contribution is 2.35. The van der Waals surface area contributed by atoms with Gasteiger partial charge in [0.1, 0.15) is 0 Å². The number of anilines is 2. The molecule has 2 aromatic carbocycles. The van der Waals surface area contributed by atoms with Crippen LogP contribution in [0, 0.1) is 25.7 Å². The molecule has 52 heavy (non-hydrogen) atoms. The Bertz CT molecular complexity index is 2020. The van der Waals surface area contributed by atoms with Crippen molar-refractivity contribution < 1.29 is 19.5 Å². The largest absolute Gasteiger partial charge is 0.481 e. The van der Waals surface area contributed by atoms with Gasteiger partial charge >= 0.3 is 5.97 Å². The number of hydrogen-bond donors (Lipinski definition) is 3. The molecular weight excluding hydrogens is 656 g/mol. The summed E-state index contributed by atoms with van der Waals surface area (Å²) in [4.78, 5) is 52.7. The molecule has 3 aliphatic rings. The molecule has 274 valence electrons. The fourth-order valence-corrected chi connectivity index (χ4v) is 8.38. The van der Waals surface area contributed by atoms with Gasteiger partial charge in [0.2, 0.25) is 0 Å². The third-order valence-corrected chi connectivity index (χ3v) is 11.7. The molecule has 2 aliphatic heterocycles. The lowest BCUT2D eigenvalue weighted by atomic mass is 9.80. The van der Waals surface area contributed by atoms with Crippen molar-refractivity contribution in [2.24, 2.45) is 25.9 Å². The Morgan fingerprint density at radius 1 is 0.750 bits per heavy atom. The average Bonchev–Trinajstić information content (AvgIpc) is 3.64. The van der Waals surface area contributed by atoms with Crippen molar-refractivity contribution >= 4 is 29.2 Å². The molecule has 2 aromatic heterocycles. The SMILES string of the molecule is Cc1c(NC(=O)c2nc3c(n2C)CCN(C)C3)cccc1-c1cccc(NC(=O)c2nc3c(n2C)CCN(CCC2CCC(C(=O)O)CC2)C3)c1C. The smallest absolute Gasteiger partial charge is 0.306 e. The number of carboxylic acid groups (broad SMARTS) is 1. The van der Waals surface area contributed by atoms with Gasteiger partial charge in [-0.05, 0) is 99.8 Å². The number of fused-ring (bicyclic) bond motifs is 2. The number of nitrogens with one attached hydrogen (secondary N) is 2. The predicted molar refractivity (Wildman–Crippen MR) is 200 cm³/mol. The van der Waals surface area contributed by atoms with E-state index in [0.29, 0.717) is 35.5 Å². The molecule has 12 heteroatoms. The van der Waals surface area contributed by atoms with Gasteiger partial charge in [0.05, 0.1) is 17.3 Å². The van der Waals surface area contributed by atoms with Crippen molar-refractivity contribution in [3.63, 3.8) is 0 Å². The van der Waals surface area contributed by atoms with E-state index in [4.69, 9.17) is 9.97 Å². The molecule has 0 radical (unpaired) electrons. The molecule has 4 aromatic rings. The van der Waals surface area contributed by atoms with Gasteiger partial charge in [-0.1, -0.05) is 24.3 Å². The van der Waals surface area contributed by atoms with Crippen molar-refractivity contribution in [2.75, 3.05) is 37.3 Å². The van der Waals surface area contributed by atoms with E-state index in [1.54, 1.807) is 0 Å². The maximum absolute atomic E-state index is 13.7. The van der Waals surface area contributed by atoms with E-state index in [9.17, 15) is 19.5 Å². The number of amides is 2. The summed E-state index contributed by atoms with van der Waals surface area (Å²) in [5.41, 5.74) is 9.32. The fraction of sp³-hybridized carbons (Fsp3) is 0.475. The lowest BCUT2D eigenvalue weighted by molar-refractivity contribution is -0.143. The number of imidazole rings is 2. The fourth-order valence-electron chi connectivity index (χ4n) is 8.38. The number of rotatable bonds is 9. The van der Waals surface area contributed by atoms with Crippen molar-refractivity contribution in [3.05, 3.63) is 81.9 Å². The third-order valence-electron chi connectivity index (χ3n) is 11.7. The van der Waals surface area contributed by atoms with E-state index in [1.807, 2.05) is 73.5 Å². The molecule has 4 heterocycles. The van der Waals surface area contributed by atoms with Crippen LogP contribution in [0.5, 0.6) is 0 Å². The molecule has 0 bridgehead atoms. The quantitative estimate of drug-likeness (QED) is 0.206. The summed E-state index contributed by atoms with van der Waals surface area (Å²) in [5.74, 6) is 0.0530. The summed E-state index contributed by atoms with van der Waals surface area (Å²) in [6.07, 6.45) is 6.29. The Balaban J connectivity index is 1.02. The number of benzene rings is 2. The number of aliphatic carboxylic acids is 1. The van der Waals surface area contributed by atoms with Crippen molar-refractivity contribution in [2.45, 2.75) is 71.9 Å². The number of nitrogens with zero attached hydrogens (tertiary/aromatic N) is 6. The minimum atomic E-state index is -0.657. The highest BCUT2D eigenvalue weighted by molar-refractivity contribution is 6.04. The van der Waals surface area contributed by atoms with E-state index in [2.05, 4.69) is 27.5 Å². The van der Waals surface area contributed by atoms with Crippen LogP contribution in [0.1, 0.15) is 87.2 Å². The first-order valence-corrected chi connectivity index (χ1v) is 18.5. The van der Waals surface area contributed by atoms with Gasteiger partial charge in [-0.2, -0.15) is 0 Å². The summed E-state index contributed by atoms with van der Waals surface area (Å²) in [6, 6.07) is 11.8. The molecule has 7 rings (SSSR count). The van der Waals surface area contributed by atoms with Crippen molar-refractivity contribution in [1.82, 2.24) is 28.9 Å². The predicted octanol–water partition coefficient (Wildman–Crippen LogP) is 5.57. The van der Waals surface area contributed by atoms with E-state index in [-0.39, 0.29) is 17.7 Å². The summed E-state index contributed by atoms with van der Waals surface area (Å²) in [6.45, 7) is 8.26. The maximum atomic E-state index is 13.7. The van der Waals surface area contributed by atoms with Gasteiger partial charge in [-0.25, -0.2) is 9.97 Å². The van der Waals surface area contributed by atoms with Crippen molar-refractivity contribution in [1.29, 1.82) is 0 Å². The third kappa shape index (κ3) is 7.01. The minimum Gasteiger partial charge on any atom is -0.481 e. The van der Waals surface area contributed by atoms with Crippen LogP contribution in [0.4, 0.5) is 11.4 Å². The van der Waals surface area contributed by atoms with Crippen LogP contribution in [0.25, 0.3) is 11.1 Å². The number of hydrogen-bond acceptors (Lipinski definition) is 7. The summed E-state index contributed by atoms with van der Waals surface area (Å²) in [5, 5.41) is 15.6. The number of aromatic nitrogens is 4. The molecule has 0 atom stereocenters. The zero-order valence-electron chi connectivity index (χ0n) is 31.0. The van der Waals surface area contributed by atoms with Crippen molar-refractivity contribution in [3.8, 4) is 11.1 Å². The number of carbonyl (C=O) groups excluding carboxylic acids is 2. The molecule has 2 amide bonds. The second-order valence-corrected chi connectivity index (χ2v) is 15.0. The Hall–Kier alpha value is -4.81. The summed E-state index contributed by atoms with van der Waals surface area (Å²) in [7, 11) is 5.89. The highest BCUT2D eigenvalue weighted by Gasteiger charge is 2.29. The number of likely N-dealkylation sites (N-methyl/N-ethyl adjacent to an activating group) is 1. The lowest BCUT2D eigenvalue weighted by Crippen LogP contribution is -2.33. The van der Waals surface area contributed by atoms with Gasteiger partial charge < -0.3 is 29.8 Å². The molecular formula is C40H50N8O4. The van der Waals surface area contributed by atoms with Gasteiger partial charge in [0.25, 0.3) is 11.8 Å². The molecule has 1 aliphatic carbocycles. The molecule has 1 saturated carbocycles. The van der Waals surface area contributed by atoms with Gasteiger partial charge in [0.15, 0.2) is 11.6 Å². The molecule has 12 nitrogen and oxygen atoms in total. The number of carbonyl (C=O) groups is 3. The topological polar surface area (TPSA) is 138 Å². The Morgan fingerprint density at radius 2 is 1.27 bits per heavy atom. The second kappa shape index (κ2) is 14.7. The standard InChI is InChI=1S/C40H50N8O4/c1-24-28(8-6-10-30(24)43-38(49)36-41-32-22-45(3)19-17-34(32)46(36)4)29-9-7-11-31(25(29)2)44-39(50)37-42-33-23-48(21-18-35(33)47(37)5)20-16-26-12-14-27(15-13-26)40(51)52/h6-11,26-27H,12-23H2,1-5H3,(H,43,49)(H,44,50)(H,51,52). The summed E-state index contributed by atoms with van der Waals surface area (Å²) >= 11 is 0. The zero-order chi connectivity index (χ0) is 36.7. The molecule has 1 fully saturated rings. The van der Waals surface area contributed by atoms with Crippen LogP contribution in [-0.4, -0.2) is 78.5 Å². The van der Waals surface area contributed by atoms with E-state index < -0.39 is 5.97 Å². The van der Waals surface area contributed by atoms with E-state index >= 15 is 0 Å². The summed E-state index contributed by atoms with van der Waals surface area (Å²) < 4.78 is 3.85. The lowest BCUT2D eigenvalue weighted by Gasteiger charge is -2.30. The van der Waals surface area contributed by atoms with Crippen LogP contribution in [0.15, 0.2) is 36.4 Å². The normalized spacial score (nSPS) is 19.2. The van der Waals surface area contributed by atoms with Crippen LogP contribution < -0.4 is 10.6 Å². The van der Waals surface area contributed by atoms with Gasteiger partial charge in [0, 0.05) is 75.9 Å². The molecule has 0 spiro atoms. The van der Waals surface area contributed by atoms with Crippen LogP contribution in [-0.2, 0) is 44.8 Å². The Labute approximate surface area is 305 Å². The van der Waals surface area contributed by atoms with Crippen LogP contribution in [0.3, 0.4) is 0 Å². The van der Waals surface area contributed by atoms with Gasteiger partial charge in [-0.3, -0.25) is 19.3 Å². The molecule has 3 N–H and O–H groups in total. The van der Waals surface area contributed by atoms with Crippen LogP contribution in [0.2, 0.25) is 0 Å². The maximum Gasteiger partial charge on any atom is 0.306 e. The number of carboxylic acids is 1. The average molecular weight is 707 g/mol. The Kier molecular flexibility index (Phi) is 10.0. The first kappa shape index (κ1) is 35.6. The highest BCUT2D eigenvalue weighted by atomic mass is 16.4. The first-order valence-electron chi connectivity index (χ1n) is 18.5. The zero-order valence-corrected chi connectivity index (χ0v) is 31.0.